The number of hydrogen-bond donors (Lipinski definition) is 1. The van der Waals surface area contributed by atoms with Crippen molar-refractivity contribution in [1.82, 2.24) is 9.97 Å². The van der Waals surface area contributed by atoms with Gasteiger partial charge in [0.1, 0.15) is 5.69 Å². The summed E-state index contributed by atoms with van der Waals surface area (Å²) in [5.74, 6) is 0.305. The third kappa shape index (κ3) is 5.43. The van der Waals surface area contributed by atoms with E-state index in [0.29, 0.717) is 41.8 Å². The Kier molecular flexibility index (Phi) is 7.54. The molecular weight excluding hydrogens is 452 g/mol. The minimum atomic E-state index is -1.16. The molecule has 178 valence electrons. The summed E-state index contributed by atoms with van der Waals surface area (Å²) in [6.07, 6.45) is 4.98. The molecule has 0 saturated carbocycles. The molecule has 1 aliphatic rings. The lowest BCUT2D eigenvalue weighted by Crippen LogP contribution is -2.36. The Morgan fingerprint density at radius 2 is 1.97 bits per heavy atom. The second-order valence-electron chi connectivity index (χ2n) is 7.87. The van der Waals surface area contributed by atoms with Gasteiger partial charge in [0.15, 0.2) is 0 Å². The number of morpholine rings is 1. The molecule has 1 saturated heterocycles. The number of anilines is 2. The highest BCUT2D eigenvalue weighted by molar-refractivity contribution is 7.84. The van der Waals surface area contributed by atoms with Crippen molar-refractivity contribution in [2.45, 2.75) is 18.7 Å². The van der Waals surface area contributed by atoms with Crippen LogP contribution < -0.4 is 15.0 Å². The summed E-state index contributed by atoms with van der Waals surface area (Å²) in [5.41, 5.74) is 4.49. The zero-order chi connectivity index (χ0) is 24.1. The summed E-state index contributed by atoms with van der Waals surface area (Å²) in [5, 5.41) is 2.90. The first-order valence-electron chi connectivity index (χ1n) is 11.1. The number of rotatable bonds is 7. The Morgan fingerprint density at radius 3 is 2.71 bits per heavy atom. The number of benzene rings is 1. The topological polar surface area (TPSA) is 93.6 Å². The molecule has 0 bridgehead atoms. The number of aryl methyl sites for hydroxylation is 1. The summed E-state index contributed by atoms with van der Waals surface area (Å²) < 4.78 is 23.0. The minimum absolute atomic E-state index is 0.289. The van der Waals surface area contributed by atoms with Gasteiger partial charge in [-0.1, -0.05) is 6.07 Å². The first-order valence-corrected chi connectivity index (χ1v) is 12.7. The van der Waals surface area contributed by atoms with E-state index in [1.54, 1.807) is 42.9 Å². The number of carbonyl (C=O) groups is 1. The largest absolute Gasteiger partial charge is 0.476 e. The standard InChI is InChI=1S/C25H28N4O4S/c1-4-33-25-23(29-8-10-32-11-9-29)13-19(15-27-25)22-14-20(16-26-17(22)2)28-24(30)18-6-5-7-21(12-18)34(3)31/h5-7,12-16H,4,8-11H2,1-3H3,(H,28,30). The lowest BCUT2D eigenvalue weighted by Gasteiger charge is -2.30. The van der Waals surface area contributed by atoms with Crippen molar-refractivity contribution in [2.24, 2.45) is 0 Å². The number of ether oxygens (including phenoxy) is 2. The van der Waals surface area contributed by atoms with E-state index in [1.807, 2.05) is 19.9 Å². The number of pyridine rings is 2. The van der Waals surface area contributed by atoms with Gasteiger partial charge in [0.25, 0.3) is 5.91 Å². The van der Waals surface area contributed by atoms with Crippen molar-refractivity contribution >= 4 is 28.1 Å². The van der Waals surface area contributed by atoms with E-state index in [4.69, 9.17) is 9.47 Å². The van der Waals surface area contributed by atoms with Gasteiger partial charge in [0, 0.05) is 63.6 Å². The summed E-state index contributed by atoms with van der Waals surface area (Å²) in [7, 11) is -1.16. The Balaban J connectivity index is 1.63. The lowest BCUT2D eigenvalue weighted by molar-refractivity contribution is 0.102. The van der Waals surface area contributed by atoms with E-state index in [2.05, 4.69) is 26.3 Å². The van der Waals surface area contributed by atoms with E-state index >= 15 is 0 Å². The molecule has 1 aromatic carbocycles. The van der Waals surface area contributed by atoms with Crippen LogP contribution in [0.3, 0.4) is 0 Å². The second kappa shape index (κ2) is 10.8. The highest BCUT2D eigenvalue weighted by Gasteiger charge is 2.19. The maximum absolute atomic E-state index is 12.8. The normalized spacial score (nSPS) is 14.5. The highest BCUT2D eigenvalue weighted by Crippen LogP contribution is 2.33. The summed E-state index contributed by atoms with van der Waals surface area (Å²) >= 11 is 0. The van der Waals surface area contributed by atoms with Gasteiger partial charge in [-0.2, -0.15) is 0 Å². The molecule has 8 nitrogen and oxygen atoms in total. The van der Waals surface area contributed by atoms with Crippen LogP contribution in [0.2, 0.25) is 0 Å². The molecule has 3 aromatic rings. The van der Waals surface area contributed by atoms with Gasteiger partial charge in [-0.05, 0) is 44.2 Å². The van der Waals surface area contributed by atoms with Crippen LogP contribution >= 0.6 is 0 Å². The number of nitrogens with one attached hydrogen (secondary N) is 1. The van der Waals surface area contributed by atoms with Gasteiger partial charge in [0.2, 0.25) is 5.88 Å². The average molecular weight is 481 g/mol. The van der Waals surface area contributed by atoms with Crippen LogP contribution in [0.25, 0.3) is 11.1 Å². The molecule has 1 aliphatic heterocycles. The molecule has 1 unspecified atom stereocenters. The summed E-state index contributed by atoms with van der Waals surface area (Å²) in [4.78, 5) is 24.7. The third-order valence-corrected chi connectivity index (χ3v) is 6.47. The van der Waals surface area contributed by atoms with E-state index in [1.165, 1.54) is 0 Å². The first-order chi connectivity index (χ1) is 16.5. The molecule has 4 rings (SSSR count). The van der Waals surface area contributed by atoms with Crippen molar-refractivity contribution in [2.75, 3.05) is 49.4 Å². The Labute approximate surface area is 201 Å². The average Bonchev–Trinajstić information content (AvgIpc) is 2.86. The van der Waals surface area contributed by atoms with E-state index in [-0.39, 0.29) is 5.91 Å². The van der Waals surface area contributed by atoms with Crippen LogP contribution in [0.4, 0.5) is 11.4 Å². The number of nitrogens with zero attached hydrogens (tertiary/aromatic N) is 3. The molecule has 0 spiro atoms. The van der Waals surface area contributed by atoms with Crippen LogP contribution in [-0.2, 0) is 15.5 Å². The lowest BCUT2D eigenvalue weighted by atomic mass is 10.0. The van der Waals surface area contributed by atoms with Gasteiger partial charge >= 0.3 is 0 Å². The maximum Gasteiger partial charge on any atom is 0.255 e. The van der Waals surface area contributed by atoms with E-state index < -0.39 is 10.8 Å². The van der Waals surface area contributed by atoms with Crippen molar-refractivity contribution in [1.29, 1.82) is 0 Å². The Bertz CT molecular complexity index is 1210. The molecular formula is C25H28N4O4S. The Morgan fingerprint density at radius 1 is 1.18 bits per heavy atom. The van der Waals surface area contributed by atoms with Crippen molar-refractivity contribution in [3.63, 3.8) is 0 Å². The van der Waals surface area contributed by atoms with Gasteiger partial charge in [-0.15, -0.1) is 0 Å². The maximum atomic E-state index is 12.8. The molecule has 1 N–H and O–H groups in total. The van der Waals surface area contributed by atoms with Crippen LogP contribution in [0.5, 0.6) is 5.88 Å². The molecule has 9 heteroatoms. The molecule has 3 heterocycles. The number of amides is 1. The molecule has 1 fully saturated rings. The van der Waals surface area contributed by atoms with Crippen molar-refractivity contribution < 1.29 is 18.5 Å². The van der Waals surface area contributed by atoms with Crippen LogP contribution in [-0.4, -0.2) is 59.2 Å². The smallest absolute Gasteiger partial charge is 0.255 e. The minimum Gasteiger partial charge on any atom is -0.476 e. The fourth-order valence-corrected chi connectivity index (χ4v) is 4.34. The van der Waals surface area contributed by atoms with Gasteiger partial charge in [-0.25, -0.2) is 4.98 Å². The Hall–Kier alpha value is -3.30. The molecule has 0 aliphatic carbocycles. The quantitative estimate of drug-likeness (QED) is 0.551. The number of carbonyl (C=O) groups excluding carboxylic acids is 1. The molecule has 2 aromatic heterocycles. The molecule has 34 heavy (non-hydrogen) atoms. The van der Waals surface area contributed by atoms with Gasteiger partial charge in [-0.3, -0.25) is 14.0 Å². The predicted molar refractivity (Wildman–Crippen MR) is 133 cm³/mol. The first kappa shape index (κ1) is 23.8. The molecule has 1 amide bonds. The van der Waals surface area contributed by atoms with E-state index in [0.717, 1.165) is 35.6 Å². The van der Waals surface area contributed by atoms with Gasteiger partial charge in [0.05, 0.1) is 31.7 Å². The summed E-state index contributed by atoms with van der Waals surface area (Å²) in [6.45, 7) is 7.23. The predicted octanol–water partition coefficient (Wildman–Crippen LogP) is 3.68. The molecule has 0 radical (unpaired) electrons. The van der Waals surface area contributed by atoms with Crippen LogP contribution in [0, 0.1) is 6.92 Å². The SMILES string of the molecule is CCOc1ncc(-c2cc(NC(=O)c3cccc(S(C)=O)c3)cnc2C)cc1N1CCOCC1. The zero-order valence-electron chi connectivity index (χ0n) is 19.5. The molecule has 1 atom stereocenters. The highest BCUT2D eigenvalue weighted by atomic mass is 32.2. The number of hydrogen-bond acceptors (Lipinski definition) is 7. The summed E-state index contributed by atoms with van der Waals surface area (Å²) in [6, 6.07) is 10.7. The monoisotopic (exact) mass is 480 g/mol. The van der Waals surface area contributed by atoms with Crippen molar-refractivity contribution in [3.8, 4) is 17.0 Å². The van der Waals surface area contributed by atoms with Crippen molar-refractivity contribution in [3.05, 3.63) is 60.0 Å². The van der Waals surface area contributed by atoms with Gasteiger partial charge < -0.3 is 19.7 Å². The fraction of sp³-hybridized carbons (Fsp3) is 0.320. The van der Waals surface area contributed by atoms with E-state index in [9.17, 15) is 9.00 Å². The van der Waals surface area contributed by atoms with Crippen LogP contribution in [0.1, 0.15) is 23.0 Å². The third-order valence-electron chi connectivity index (χ3n) is 5.55. The second-order valence-corrected chi connectivity index (χ2v) is 9.25. The zero-order valence-corrected chi connectivity index (χ0v) is 20.4. The number of aromatic nitrogens is 2. The fourth-order valence-electron chi connectivity index (χ4n) is 3.78. The van der Waals surface area contributed by atoms with Crippen LogP contribution in [0.15, 0.2) is 53.7 Å².